The third-order valence-corrected chi connectivity index (χ3v) is 6.85. The van der Waals surface area contributed by atoms with Crippen molar-refractivity contribution in [3.05, 3.63) is 48.8 Å². The number of rotatable bonds is 6. The molecule has 0 radical (unpaired) electrons. The van der Waals surface area contributed by atoms with Crippen LogP contribution in [0.3, 0.4) is 0 Å². The van der Waals surface area contributed by atoms with E-state index in [1.807, 2.05) is 0 Å². The van der Waals surface area contributed by atoms with E-state index in [2.05, 4.69) is 26.9 Å². The molecule has 1 unspecified atom stereocenters. The van der Waals surface area contributed by atoms with Crippen LogP contribution >= 0.6 is 0 Å². The highest BCUT2D eigenvalue weighted by molar-refractivity contribution is 7.90. The summed E-state index contributed by atoms with van der Waals surface area (Å²) in [6.45, 7) is 1.32. The molecular formula is C20H22F2N4O3S. The van der Waals surface area contributed by atoms with E-state index in [9.17, 15) is 17.2 Å². The SMILES string of the molecule is CCC1CN(c2cn(S(=O)(=O)c3cccc(OC(F)F)c3)c3cccnc23)CCN1. The van der Waals surface area contributed by atoms with Crippen LogP contribution in [0.25, 0.3) is 11.0 Å². The van der Waals surface area contributed by atoms with Gasteiger partial charge in [-0.2, -0.15) is 8.78 Å². The largest absolute Gasteiger partial charge is 0.435 e. The van der Waals surface area contributed by atoms with E-state index in [-0.39, 0.29) is 10.6 Å². The number of ether oxygens (including phenoxy) is 1. The number of alkyl halides is 2. The van der Waals surface area contributed by atoms with Crippen molar-refractivity contribution >= 4 is 26.7 Å². The van der Waals surface area contributed by atoms with Gasteiger partial charge in [0.1, 0.15) is 11.3 Å². The number of hydrogen-bond acceptors (Lipinski definition) is 6. The number of halogens is 2. The number of anilines is 1. The topological polar surface area (TPSA) is 76.5 Å². The Hall–Kier alpha value is -2.72. The molecule has 1 atom stereocenters. The van der Waals surface area contributed by atoms with Crippen molar-refractivity contribution in [1.29, 1.82) is 0 Å². The van der Waals surface area contributed by atoms with Crippen molar-refractivity contribution in [1.82, 2.24) is 14.3 Å². The van der Waals surface area contributed by atoms with Gasteiger partial charge in [-0.3, -0.25) is 4.98 Å². The predicted octanol–water partition coefficient (Wildman–Crippen LogP) is 3.06. The second-order valence-corrected chi connectivity index (χ2v) is 8.86. The van der Waals surface area contributed by atoms with Crippen LogP contribution in [-0.2, 0) is 10.0 Å². The minimum Gasteiger partial charge on any atom is -0.435 e. The van der Waals surface area contributed by atoms with Gasteiger partial charge < -0.3 is 15.0 Å². The first-order valence-corrected chi connectivity index (χ1v) is 11.1. The van der Waals surface area contributed by atoms with Crippen molar-refractivity contribution in [2.45, 2.75) is 30.9 Å². The van der Waals surface area contributed by atoms with Gasteiger partial charge in [-0.1, -0.05) is 13.0 Å². The van der Waals surface area contributed by atoms with E-state index >= 15 is 0 Å². The van der Waals surface area contributed by atoms with Crippen molar-refractivity contribution < 1.29 is 21.9 Å². The van der Waals surface area contributed by atoms with Crippen molar-refractivity contribution in [3.8, 4) is 5.75 Å². The van der Waals surface area contributed by atoms with Crippen LogP contribution in [0.2, 0.25) is 0 Å². The highest BCUT2D eigenvalue weighted by Crippen LogP contribution is 2.32. The Bertz CT molecular complexity index is 1150. The Balaban J connectivity index is 1.79. The average Bonchev–Trinajstić information content (AvgIpc) is 3.14. The highest BCUT2D eigenvalue weighted by atomic mass is 32.2. The van der Waals surface area contributed by atoms with Crippen LogP contribution in [-0.4, -0.2) is 49.7 Å². The lowest BCUT2D eigenvalue weighted by Crippen LogP contribution is -2.50. The zero-order valence-corrected chi connectivity index (χ0v) is 17.1. The van der Waals surface area contributed by atoms with Crippen LogP contribution in [0.4, 0.5) is 14.5 Å². The molecule has 0 amide bonds. The maximum absolute atomic E-state index is 13.4. The molecule has 7 nitrogen and oxygen atoms in total. The number of piperazine rings is 1. The maximum Gasteiger partial charge on any atom is 0.387 e. The lowest BCUT2D eigenvalue weighted by Gasteiger charge is -2.34. The molecule has 0 bridgehead atoms. The molecule has 1 fully saturated rings. The first-order chi connectivity index (χ1) is 14.4. The van der Waals surface area contributed by atoms with Crippen LogP contribution < -0.4 is 15.0 Å². The summed E-state index contributed by atoms with van der Waals surface area (Å²) in [5.41, 5.74) is 1.74. The Labute approximate surface area is 173 Å². The van der Waals surface area contributed by atoms with E-state index in [4.69, 9.17) is 0 Å². The Morgan fingerprint density at radius 2 is 2.13 bits per heavy atom. The molecule has 1 saturated heterocycles. The smallest absolute Gasteiger partial charge is 0.387 e. The van der Waals surface area contributed by atoms with E-state index in [1.54, 1.807) is 24.5 Å². The quantitative estimate of drug-likeness (QED) is 0.640. The predicted molar refractivity (Wildman–Crippen MR) is 110 cm³/mol. The number of pyridine rings is 1. The van der Waals surface area contributed by atoms with Gasteiger partial charge in [0.2, 0.25) is 0 Å². The molecule has 10 heteroatoms. The standard InChI is InChI=1S/C20H22F2N4O3S/c1-2-14-12-25(10-9-23-14)18-13-26(17-7-4-8-24-19(17)18)30(27,28)16-6-3-5-15(11-16)29-20(21)22/h3-8,11,13-14,20,23H,2,9-10,12H2,1H3. The highest BCUT2D eigenvalue weighted by Gasteiger charge is 2.27. The molecule has 3 heterocycles. The van der Waals surface area contributed by atoms with Crippen molar-refractivity contribution in [3.63, 3.8) is 0 Å². The molecule has 1 aliphatic rings. The number of nitrogens with zero attached hydrogens (tertiary/aromatic N) is 3. The molecule has 3 aromatic rings. The molecule has 1 N–H and O–H groups in total. The summed E-state index contributed by atoms with van der Waals surface area (Å²) >= 11 is 0. The maximum atomic E-state index is 13.4. The fourth-order valence-electron chi connectivity index (χ4n) is 3.69. The number of nitrogens with one attached hydrogen (secondary N) is 1. The Morgan fingerprint density at radius 3 is 2.90 bits per heavy atom. The minimum atomic E-state index is -4.05. The molecule has 1 aromatic carbocycles. The summed E-state index contributed by atoms with van der Waals surface area (Å²) in [6.07, 6.45) is 4.14. The number of fused-ring (bicyclic) bond motifs is 1. The summed E-state index contributed by atoms with van der Waals surface area (Å²) in [5.74, 6) is -0.214. The van der Waals surface area contributed by atoms with E-state index in [1.165, 1.54) is 18.2 Å². The third kappa shape index (κ3) is 3.84. The lowest BCUT2D eigenvalue weighted by atomic mass is 10.1. The molecule has 0 saturated carbocycles. The first kappa shape index (κ1) is 20.5. The second kappa shape index (κ2) is 8.19. The zero-order valence-electron chi connectivity index (χ0n) is 16.3. The van der Waals surface area contributed by atoms with Crippen LogP contribution in [0, 0.1) is 0 Å². The first-order valence-electron chi connectivity index (χ1n) is 9.65. The van der Waals surface area contributed by atoms with Gasteiger partial charge in [-0.25, -0.2) is 12.4 Å². The molecule has 30 heavy (non-hydrogen) atoms. The van der Waals surface area contributed by atoms with Gasteiger partial charge in [0, 0.05) is 44.1 Å². The number of benzene rings is 1. The molecule has 4 rings (SSSR count). The van der Waals surface area contributed by atoms with Crippen molar-refractivity contribution in [2.24, 2.45) is 0 Å². The van der Waals surface area contributed by atoms with Gasteiger partial charge in [0.15, 0.2) is 0 Å². The fraction of sp³-hybridized carbons (Fsp3) is 0.350. The summed E-state index contributed by atoms with van der Waals surface area (Å²) < 4.78 is 57.4. The average molecular weight is 436 g/mol. The third-order valence-electron chi connectivity index (χ3n) is 5.18. The summed E-state index contributed by atoms with van der Waals surface area (Å²) in [4.78, 5) is 6.41. The van der Waals surface area contributed by atoms with Gasteiger partial charge in [-0.05, 0) is 30.7 Å². The van der Waals surface area contributed by atoms with Gasteiger partial charge in [-0.15, -0.1) is 0 Å². The fourth-order valence-corrected chi connectivity index (χ4v) is 5.07. The zero-order chi connectivity index (χ0) is 21.3. The number of aromatic nitrogens is 2. The summed E-state index contributed by atoms with van der Waals surface area (Å²) in [5, 5.41) is 3.44. The van der Waals surface area contributed by atoms with E-state index < -0.39 is 16.6 Å². The van der Waals surface area contributed by atoms with Crippen LogP contribution in [0.15, 0.2) is 53.7 Å². The Kier molecular flexibility index (Phi) is 5.61. The molecule has 2 aromatic heterocycles. The molecule has 0 aliphatic carbocycles. The lowest BCUT2D eigenvalue weighted by molar-refractivity contribution is -0.0499. The second-order valence-electron chi connectivity index (χ2n) is 7.05. The van der Waals surface area contributed by atoms with Crippen LogP contribution in [0.1, 0.15) is 13.3 Å². The Morgan fingerprint density at radius 1 is 1.30 bits per heavy atom. The van der Waals surface area contributed by atoms with Crippen molar-refractivity contribution in [2.75, 3.05) is 24.5 Å². The van der Waals surface area contributed by atoms with Gasteiger partial charge in [0.25, 0.3) is 10.0 Å². The van der Waals surface area contributed by atoms with E-state index in [0.29, 0.717) is 17.1 Å². The summed E-state index contributed by atoms with van der Waals surface area (Å²) in [6, 6.07) is 8.77. The van der Waals surface area contributed by atoms with Gasteiger partial charge >= 0.3 is 6.61 Å². The summed E-state index contributed by atoms with van der Waals surface area (Å²) in [7, 11) is -4.05. The monoisotopic (exact) mass is 436 g/mol. The molecule has 1 aliphatic heterocycles. The minimum absolute atomic E-state index is 0.139. The number of hydrogen-bond donors (Lipinski definition) is 1. The van der Waals surface area contributed by atoms with Crippen LogP contribution in [0.5, 0.6) is 5.75 Å². The van der Waals surface area contributed by atoms with E-state index in [0.717, 1.165) is 41.8 Å². The normalized spacial score (nSPS) is 17.6. The molecule has 0 spiro atoms. The molecule has 160 valence electrons. The molecular weight excluding hydrogens is 414 g/mol. The van der Waals surface area contributed by atoms with Gasteiger partial charge in [0.05, 0.1) is 16.1 Å².